The van der Waals surface area contributed by atoms with E-state index in [0.717, 1.165) is 28.3 Å². The summed E-state index contributed by atoms with van der Waals surface area (Å²) < 4.78 is 1.69. The molecule has 0 unspecified atom stereocenters. The highest BCUT2D eigenvalue weighted by Crippen LogP contribution is 2.22. The maximum Gasteiger partial charge on any atom is 0.251 e. The van der Waals surface area contributed by atoms with Crippen LogP contribution in [0.2, 0.25) is 5.02 Å². The Hall–Kier alpha value is -2.73. The monoisotopic (exact) mass is 369 g/mol. The number of rotatable bonds is 4. The molecule has 0 radical (unpaired) electrons. The molecule has 1 aromatic carbocycles. The van der Waals surface area contributed by atoms with Crippen LogP contribution in [0.15, 0.2) is 30.3 Å². The Morgan fingerprint density at radius 2 is 1.77 bits per heavy atom. The van der Waals surface area contributed by atoms with Gasteiger partial charge in [-0.05, 0) is 45.9 Å². The van der Waals surface area contributed by atoms with Crippen molar-refractivity contribution in [3.05, 3.63) is 63.7 Å². The first-order valence-electron chi connectivity index (χ1n) is 8.27. The molecule has 134 valence electrons. The summed E-state index contributed by atoms with van der Waals surface area (Å²) in [6, 6.07) is 9.07. The third-order valence-electron chi connectivity index (χ3n) is 4.09. The van der Waals surface area contributed by atoms with Crippen molar-refractivity contribution >= 4 is 23.2 Å². The highest BCUT2D eigenvalue weighted by Gasteiger charge is 2.18. The Labute approximate surface area is 157 Å². The van der Waals surface area contributed by atoms with E-state index in [1.165, 1.54) is 0 Å². The van der Waals surface area contributed by atoms with E-state index in [9.17, 15) is 4.79 Å². The molecule has 2 aromatic heterocycles. The second kappa shape index (κ2) is 7.25. The van der Waals surface area contributed by atoms with E-state index in [4.69, 9.17) is 11.6 Å². The molecule has 0 aliphatic heterocycles. The zero-order chi connectivity index (χ0) is 18.8. The van der Waals surface area contributed by atoms with E-state index in [1.54, 1.807) is 16.8 Å². The molecular formula is C19H20ClN5O. The second-order valence-corrected chi connectivity index (χ2v) is 6.62. The molecule has 0 spiro atoms. The van der Waals surface area contributed by atoms with Crippen LogP contribution in [0.5, 0.6) is 0 Å². The van der Waals surface area contributed by atoms with Crippen molar-refractivity contribution < 1.29 is 4.79 Å². The van der Waals surface area contributed by atoms with E-state index in [0.29, 0.717) is 16.7 Å². The Balaban J connectivity index is 1.86. The lowest BCUT2D eigenvalue weighted by Gasteiger charge is -2.08. The zero-order valence-electron chi connectivity index (χ0n) is 15.2. The van der Waals surface area contributed by atoms with Crippen LogP contribution < -0.4 is 5.32 Å². The second-order valence-electron chi connectivity index (χ2n) is 6.22. The summed E-state index contributed by atoms with van der Waals surface area (Å²) in [7, 11) is 0. The fourth-order valence-corrected chi connectivity index (χ4v) is 3.03. The molecule has 3 aromatic rings. The minimum atomic E-state index is -0.148. The summed E-state index contributed by atoms with van der Waals surface area (Å²) in [4.78, 5) is 21.4. The van der Waals surface area contributed by atoms with Gasteiger partial charge in [0, 0.05) is 22.6 Å². The van der Waals surface area contributed by atoms with E-state index in [2.05, 4.69) is 20.4 Å². The zero-order valence-corrected chi connectivity index (χ0v) is 15.9. The van der Waals surface area contributed by atoms with Crippen LogP contribution in [-0.4, -0.2) is 25.7 Å². The third-order valence-corrected chi connectivity index (χ3v) is 4.42. The van der Waals surface area contributed by atoms with Crippen molar-refractivity contribution in [1.29, 1.82) is 0 Å². The van der Waals surface area contributed by atoms with Crippen molar-refractivity contribution in [3.8, 4) is 5.95 Å². The summed E-state index contributed by atoms with van der Waals surface area (Å²) in [5, 5.41) is 7.88. The van der Waals surface area contributed by atoms with Crippen molar-refractivity contribution in [2.45, 2.75) is 34.1 Å². The molecule has 0 saturated carbocycles. The van der Waals surface area contributed by atoms with Gasteiger partial charge in [0.05, 0.1) is 22.8 Å². The molecule has 0 bridgehead atoms. The highest BCUT2D eigenvalue weighted by atomic mass is 35.5. The Morgan fingerprint density at radius 3 is 2.42 bits per heavy atom. The minimum absolute atomic E-state index is 0.148. The predicted octanol–water partition coefficient (Wildman–Crippen LogP) is 3.73. The van der Waals surface area contributed by atoms with E-state index in [-0.39, 0.29) is 12.3 Å². The van der Waals surface area contributed by atoms with Gasteiger partial charge in [-0.3, -0.25) is 4.79 Å². The van der Waals surface area contributed by atoms with Gasteiger partial charge >= 0.3 is 0 Å². The summed E-state index contributed by atoms with van der Waals surface area (Å²) in [5.41, 5.74) is 4.83. The molecule has 0 saturated heterocycles. The van der Waals surface area contributed by atoms with Crippen LogP contribution in [-0.2, 0) is 11.2 Å². The molecule has 0 aliphatic rings. The molecule has 0 atom stereocenters. The average molecular weight is 370 g/mol. The molecule has 1 amide bonds. The lowest BCUT2D eigenvalue weighted by molar-refractivity contribution is -0.115. The van der Waals surface area contributed by atoms with Gasteiger partial charge in [0.2, 0.25) is 5.91 Å². The largest absolute Gasteiger partial charge is 0.324 e. The van der Waals surface area contributed by atoms with Crippen molar-refractivity contribution in [2.75, 3.05) is 5.32 Å². The van der Waals surface area contributed by atoms with E-state index < -0.39 is 0 Å². The number of carbonyl (C=O) groups excluding carboxylic acids is 1. The fourth-order valence-electron chi connectivity index (χ4n) is 2.85. The van der Waals surface area contributed by atoms with Crippen molar-refractivity contribution in [3.63, 3.8) is 0 Å². The van der Waals surface area contributed by atoms with Gasteiger partial charge in [-0.2, -0.15) is 5.10 Å². The van der Waals surface area contributed by atoms with Crippen LogP contribution in [0.3, 0.4) is 0 Å². The molecule has 3 rings (SSSR count). The number of aromatic nitrogens is 4. The van der Waals surface area contributed by atoms with Gasteiger partial charge in [0.15, 0.2) is 0 Å². The molecular weight excluding hydrogens is 350 g/mol. The molecule has 0 aliphatic carbocycles. The van der Waals surface area contributed by atoms with E-state index >= 15 is 0 Å². The molecule has 6 nitrogen and oxygen atoms in total. The number of nitrogens with one attached hydrogen (secondary N) is 1. The molecule has 26 heavy (non-hydrogen) atoms. The number of halogens is 1. The van der Waals surface area contributed by atoms with Gasteiger partial charge in [-0.25, -0.2) is 14.6 Å². The summed E-state index contributed by atoms with van der Waals surface area (Å²) >= 11 is 6.10. The third kappa shape index (κ3) is 3.75. The topological polar surface area (TPSA) is 72.7 Å². The Bertz CT molecular complexity index is 960. The first-order chi connectivity index (χ1) is 12.3. The number of carbonyl (C=O) groups is 1. The number of anilines is 1. The van der Waals surface area contributed by atoms with Gasteiger partial charge in [-0.15, -0.1) is 0 Å². The summed E-state index contributed by atoms with van der Waals surface area (Å²) in [5.74, 6) is 0.367. The van der Waals surface area contributed by atoms with E-state index in [1.807, 2.05) is 45.9 Å². The maximum absolute atomic E-state index is 12.5. The average Bonchev–Trinajstić information content (AvgIpc) is 2.84. The SMILES string of the molecule is Cc1cc(C)nc(-n2nc(C)c(CC(=O)Nc3ccccc3Cl)c2C)n1. The van der Waals surface area contributed by atoms with Gasteiger partial charge in [-0.1, -0.05) is 23.7 Å². The first kappa shape index (κ1) is 18.1. The summed E-state index contributed by atoms with van der Waals surface area (Å²) in [6.07, 6.45) is 0.202. The smallest absolute Gasteiger partial charge is 0.251 e. The minimum Gasteiger partial charge on any atom is -0.324 e. The number of hydrogen-bond donors (Lipinski definition) is 1. The lowest BCUT2D eigenvalue weighted by atomic mass is 10.1. The molecule has 7 heteroatoms. The van der Waals surface area contributed by atoms with Crippen LogP contribution in [0.1, 0.15) is 28.3 Å². The Kier molecular flexibility index (Phi) is 5.04. The number of nitrogens with zero attached hydrogens (tertiary/aromatic N) is 4. The normalized spacial score (nSPS) is 10.8. The van der Waals surface area contributed by atoms with Crippen LogP contribution in [0.25, 0.3) is 5.95 Å². The first-order valence-corrected chi connectivity index (χ1v) is 8.65. The maximum atomic E-state index is 12.5. The van der Waals surface area contributed by atoms with Crippen molar-refractivity contribution in [1.82, 2.24) is 19.7 Å². The number of benzene rings is 1. The molecule has 2 heterocycles. The van der Waals surface area contributed by atoms with Crippen LogP contribution in [0, 0.1) is 27.7 Å². The fraction of sp³-hybridized carbons (Fsp3) is 0.263. The molecule has 0 fully saturated rings. The van der Waals surface area contributed by atoms with Gasteiger partial charge in [0.1, 0.15) is 0 Å². The number of amides is 1. The van der Waals surface area contributed by atoms with Gasteiger partial charge in [0.25, 0.3) is 5.95 Å². The quantitative estimate of drug-likeness (QED) is 0.760. The van der Waals surface area contributed by atoms with Crippen LogP contribution in [0.4, 0.5) is 5.69 Å². The molecule has 1 N–H and O–H groups in total. The van der Waals surface area contributed by atoms with Crippen LogP contribution >= 0.6 is 11.6 Å². The predicted molar refractivity (Wildman–Crippen MR) is 102 cm³/mol. The number of hydrogen-bond acceptors (Lipinski definition) is 4. The summed E-state index contributed by atoms with van der Waals surface area (Å²) in [6.45, 7) is 7.63. The Morgan fingerprint density at radius 1 is 1.12 bits per heavy atom. The highest BCUT2D eigenvalue weighted by molar-refractivity contribution is 6.33. The van der Waals surface area contributed by atoms with Gasteiger partial charge < -0.3 is 5.32 Å². The standard InChI is InChI=1S/C19H20ClN5O/c1-11-9-12(2)22-19(21-11)25-14(4)15(13(3)24-25)10-18(26)23-17-8-6-5-7-16(17)20/h5-9H,10H2,1-4H3,(H,23,26). The number of para-hydroxylation sites is 1. The van der Waals surface area contributed by atoms with Crippen molar-refractivity contribution in [2.24, 2.45) is 0 Å². The number of aryl methyl sites for hydroxylation is 3. The lowest BCUT2D eigenvalue weighted by Crippen LogP contribution is -2.15.